The van der Waals surface area contributed by atoms with E-state index in [1.54, 1.807) is 18.2 Å². The van der Waals surface area contributed by atoms with Gasteiger partial charge in [0.25, 0.3) is 5.56 Å². The van der Waals surface area contributed by atoms with Crippen LogP contribution in [-0.4, -0.2) is 9.97 Å². The molecule has 0 bridgehead atoms. The van der Waals surface area contributed by atoms with E-state index in [1.165, 1.54) is 0 Å². The van der Waals surface area contributed by atoms with E-state index in [1.807, 2.05) is 36.4 Å². The summed E-state index contributed by atoms with van der Waals surface area (Å²) in [6.45, 7) is 0. The van der Waals surface area contributed by atoms with Crippen molar-refractivity contribution in [2.24, 2.45) is 0 Å². The number of H-pyrrole nitrogens is 1. The summed E-state index contributed by atoms with van der Waals surface area (Å²) in [6.07, 6.45) is 3.51. The molecule has 5 heteroatoms. The summed E-state index contributed by atoms with van der Waals surface area (Å²) in [5, 5.41) is 0.788. The number of aromatic nitrogens is 2. The molecule has 0 atom stereocenters. The molecular formula is C16H10Cl2N2O. The van der Waals surface area contributed by atoms with Gasteiger partial charge < -0.3 is 4.98 Å². The van der Waals surface area contributed by atoms with Crippen LogP contribution in [0.25, 0.3) is 23.2 Å². The van der Waals surface area contributed by atoms with Gasteiger partial charge in [-0.15, -0.1) is 0 Å². The second kappa shape index (κ2) is 5.72. The number of hydrogen-bond acceptors (Lipinski definition) is 2. The predicted molar refractivity (Wildman–Crippen MR) is 87.8 cm³/mol. The largest absolute Gasteiger partial charge is 0.319 e. The van der Waals surface area contributed by atoms with Crippen molar-refractivity contribution in [3.63, 3.8) is 0 Å². The molecule has 0 radical (unpaired) electrons. The second-order valence-corrected chi connectivity index (χ2v) is 5.29. The summed E-state index contributed by atoms with van der Waals surface area (Å²) in [5.74, 6) is 0. The number of nitrogens with one attached hydrogen (secondary N) is 1. The zero-order chi connectivity index (χ0) is 14.8. The average molecular weight is 317 g/mol. The lowest BCUT2D eigenvalue weighted by Crippen LogP contribution is -2.11. The van der Waals surface area contributed by atoms with Gasteiger partial charge in [0.1, 0.15) is 5.69 Å². The maximum absolute atomic E-state index is 12.0. The summed E-state index contributed by atoms with van der Waals surface area (Å²) < 4.78 is 0. The van der Waals surface area contributed by atoms with E-state index >= 15 is 0 Å². The Bertz CT molecular complexity index is 886. The number of halogens is 2. The third-order valence-electron chi connectivity index (χ3n) is 2.99. The molecular weight excluding hydrogens is 307 g/mol. The second-order valence-electron chi connectivity index (χ2n) is 4.48. The van der Waals surface area contributed by atoms with Gasteiger partial charge in [0.15, 0.2) is 0 Å². The molecule has 0 saturated heterocycles. The molecule has 0 aliphatic heterocycles. The van der Waals surface area contributed by atoms with Crippen LogP contribution in [-0.2, 0) is 0 Å². The van der Waals surface area contributed by atoms with Gasteiger partial charge in [-0.25, -0.2) is 4.98 Å². The Morgan fingerprint density at radius 3 is 2.48 bits per heavy atom. The first-order valence-electron chi connectivity index (χ1n) is 6.26. The van der Waals surface area contributed by atoms with E-state index < -0.39 is 0 Å². The van der Waals surface area contributed by atoms with Crippen LogP contribution in [0, 0.1) is 0 Å². The highest BCUT2D eigenvalue weighted by Gasteiger charge is 2.05. The van der Waals surface area contributed by atoms with Crippen LogP contribution in [0.4, 0.5) is 0 Å². The topological polar surface area (TPSA) is 45.8 Å². The van der Waals surface area contributed by atoms with E-state index in [9.17, 15) is 4.79 Å². The first-order valence-corrected chi connectivity index (χ1v) is 7.01. The third kappa shape index (κ3) is 2.99. The highest BCUT2D eigenvalue weighted by atomic mass is 35.5. The molecule has 0 saturated carbocycles. The monoisotopic (exact) mass is 316 g/mol. The van der Waals surface area contributed by atoms with Gasteiger partial charge >= 0.3 is 0 Å². The number of fused-ring (bicyclic) bond motifs is 1. The number of hydrogen-bond donors (Lipinski definition) is 1. The van der Waals surface area contributed by atoms with Crippen molar-refractivity contribution in [2.45, 2.75) is 0 Å². The van der Waals surface area contributed by atoms with Crippen LogP contribution in [0.5, 0.6) is 0 Å². The zero-order valence-corrected chi connectivity index (χ0v) is 12.3. The van der Waals surface area contributed by atoms with E-state index in [2.05, 4.69) is 9.97 Å². The quantitative estimate of drug-likeness (QED) is 0.761. The van der Waals surface area contributed by atoms with Crippen LogP contribution < -0.4 is 5.56 Å². The third-order valence-corrected chi connectivity index (χ3v) is 3.72. The molecule has 1 N–H and O–H groups in total. The van der Waals surface area contributed by atoms with Crippen LogP contribution in [0.1, 0.15) is 11.3 Å². The standard InChI is InChI=1S/C16H10Cl2N2O/c17-11-8-14-15(9-12(11)18)20-16(21)13(19-14)7-6-10-4-2-1-3-5-10/h1-9H,(H,20,21)/b7-6-. The summed E-state index contributed by atoms with van der Waals surface area (Å²) in [5.41, 5.74) is 2.20. The van der Waals surface area contributed by atoms with E-state index in [0.29, 0.717) is 26.8 Å². The molecule has 1 heterocycles. The smallest absolute Gasteiger partial charge is 0.274 e. The summed E-state index contributed by atoms with van der Waals surface area (Å²) >= 11 is 11.9. The van der Waals surface area contributed by atoms with Crippen LogP contribution >= 0.6 is 23.2 Å². The van der Waals surface area contributed by atoms with Gasteiger partial charge in [0.2, 0.25) is 0 Å². The Balaban J connectivity index is 2.07. The minimum absolute atomic E-state index is 0.270. The van der Waals surface area contributed by atoms with Crippen LogP contribution in [0.2, 0.25) is 10.0 Å². The van der Waals surface area contributed by atoms with Crippen molar-refractivity contribution in [1.29, 1.82) is 0 Å². The normalized spacial score (nSPS) is 11.3. The highest BCUT2D eigenvalue weighted by molar-refractivity contribution is 6.42. The molecule has 104 valence electrons. The molecule has 0 amide bonds. The fraction of sp³-hybridized carbons (Fsp3) is 0. The van der Waals surface area contributed by atoms with Gasteiger partial charge in [0, 0.05) is 0 Å². The Hall–Kier alpha value is -2.10. The van der Waals surface area contributed by atoms with Crippen LogP contribution in [0.15, 0.2) is 47.3 Å². The molecule has 3 rings (SSSR count). The maximum Gasteiger partial charge on any atom is 0.274 e. The molecule has 0 aliphatic carbocycles. The molecule has 1 aromatic heterocycles. The average Bonchev–Trinajstić information content (AvgIpc) is 2.48. The maximum atomic E-state index is 12.0. The van der Waals surface area contributed by atoms with Crippen LogP contribution in [0.3, 0.4) is 0 Å². The summed E-state index contributed by atoms with van der Waals surface area (Å²) in [7, 11) is 0. The molecule has 0 aliphatic rings. The van der Waals surface area contributed by atoms with E-state index in [0.717, 1.165) is 5.56 Å². The minimum atomic E-state index is -0.270. The van der Waals surface area contributed by atoms with Gasteiger partial charge in [0.05, 0.1) is 21.1 Å². The Morgan fingerprint density at radius 2 is 1.71 bits per heavy atom. The van der Waals surface area contributed by atoms with Crippen molar-refractivity contribution < 1.29 is 0 Å². The van der Waals surface area contributed by atoms with E-state index in [-0.39, 0.29) is 5.56 Å². The van der Waals surface area contributed by atoms with Crippen molar-refractivity contribution in [2.75, 3.05) is 0 Å². The van der Waals surface area contributed by atoms with Gasteiger partial charge in [-0.2, -0.15) is 0 Å². The fourth-order valence-electron chi connectivity index (χ4n) is 1.95. The SMILES string of the molecule is O=c1[nH]c2cc(Cl)c(Cl)cc2nc1/C=C\c1ccccc1. The molecule has 0 unspecified atom stereocenters. The molecule has 0 spiro atoms. The van der Waals surface area contributed by atoms with Crippen molar-refractivity contribution in [1.82, 2.24) is 9.97 Å². The first-order chi connectivity index (χ1) is 10.1. The zero-order valence-electron chi connectivity index (χ0n) is 10.8. The van der Waals surface area contributed by atoms with Gasteiger partial charge in [-0.3, -0.25) is 4.79 Å². The Kier molecular flexibility index (Phi) is 3.78. The summed E-state index contributed by atoms with van der Waals surface area (Å²) in [6, 6.07) is 12.9. The lowest BCUT2D eigenvalue weighted by molar-refractivity contribution is 1.19. The number of aromatic amines is 1. The predicted octanol–water partition coefficient (Wildman–Crippen LogP) is 4.40. The van der Waals surface area contributed by atoms with Crippen molar-refractivity contribution in [3.8, 4) is 0 Å². The van der Waals surface area contributed by atoms with Crippen molar-refractivity contribution in [3.05, 3.63) is 74.1 Å². The highest BCUT2D eigenvalue weighted by Crippen LogP contribution is 2.25. The van der Waals surface area contributed by atoms with Gasteiger partial charge in [-0.05, 0) is 23.8 Å². The lowest BCUT2D eigenvalue weighted by Gasteiger charge is -2.01. The Labute approximate surface area is 130 Å². The molecule has 0 fully saturated rings. The van der Waals surface area contributed by atoms with Gasteiger partial charge in [-0.1, -0.05) is 59.6 Å². The van der Waals surface area contributed by atoms with E-state index in [4.69, 9.17) is 23.2 Å². The fourth-order valence-corrected chi connectivity index (χ4v) is 2.27. The van der Waals surface area contributed by atoms with Crippen molar-refractivity contribution >= 4 is 46.4 Å². The number of benzene rings is 2. The number of nitrogens with zero attached hydrogens (tertiary/aromatic N) is 1. The molecule has 2 aromatic carbocycles. The number of rotatable bonds is 2. The molecule has 3 aromatic rings. The minimum Gasteiger partial charge on any atom is -0.319 e. The molecule has 3 nitrogen and oxygen atoms in total. The lowest BCUT2D eigenvalue weighted by atomic mass is 10.2. The summed E-state index contributed by atoms with van der Waals surface area (Å²) in [4.78, 5) is 19.1. The Morgan fingerprint density at radius 1 is 1.00 bits per heavy atom. The molecule has 21 heavy (non-hydrogen) atoms. The first kappa shape index (κ1) is 13.9.